The molecule has 5 nitrogen and oxygen atoms in total. The molecule has 1 aromatic rings. The van der Waals surface area contributed by atoms with Gasteiger partial charge in [0.25, 0.3) is 0 Å². The maximum atomic E-state index is 11.2. The molecular formula is C13H19NO4. The van der Waals surface area contributed by atoms with E-state index in [4.69, 9.17) is 9.47 Å². The van der Waals surface area contributed by atoms with Gasteiger partial charge in [-0.2, -0.15) is 0 Å². The van der Waals surface area contributed by atoms with Crippen LogP contribution in [0.15, 0.2) is 24.3 Å². The van der Waals surface area contributed by atoms with Crippen LogP contribution in [-0.2, 0) is 20.9 Å². The Morgan fingerprint density at radius 3 is 2.78 bits per heavy atom. The fourth-order valence-electron chi connectivity index (χ4n) is 1.68. The van der Waals surface area contributed by atoms with Crippen LogP contribution >= 0.6 is 0 Å². The fraction of sp³-hybridized carbons (Fsp3) is 0.462. The third-order valence-corrected chi connectivity index (χ3v) is 2.50. The number of hydrogen-bond donors (Lipinski definition) is 2. The highest BCUT2D eigenvalue weighted by Gasteiger charge is 2.18. The molecular weight excluding hydrogens is 234 g/mol. The van der Waals surface area contributed by atoms with Crippen molar-refractivity contribution in [2.75, 3.05) is 27.4 Å². The van der Waals surface area contributed by atoms with E-state index in [2.05, 4.69) is 5.32 Å². The molecule has 18 heavy (non-hydrogen) atoms. The zero-order valence-corrected chi connectivity index (χ0v) is 10.7. The van der Waals surface area contributed by atoms with E-state index in [1.54, 1.807) is 20.3 Å². The summed E-state index contributed by atoms with van der Waals surface area (Å²) in [5.74, 6) is -0.902. The highest BCUT2D eigenvalue weighted by atomic mass is 16.5. The summed E-state index contributed by atoms with van der Waals surface area (Å²) in [6.07, 6.45) is 0. The number of hydrogen-bond acceptors (Lipinski definition) is 4. The molecule has 0 saturated heterocycles. The lowest BCUT2D eigenvalue weighted by Crippen LogP contribution is -2.31. The Balaban J connectivity index is 2.77. The second kappa shape index (κ2) is 7.81. The summed E-state index contributed by atoms with van der Waals surface area (Å²) in [6, 6.07) is 6.63. The van der Waals surface area contributed by atoms with E-state index in [1.165, 1.54) is 0 Å². The highest BCUT2D eigenvalue weighted by Crippen LogP contribution is 2.15. The first kappa shape index (κ1) is 14.6. The van der Waals surface area contributed by atoms with Gasteiger partial charge >= 0.3 is 5.97 Å². The van der Waals surface area contributed by atoms with Gasteiger partial charge in [-0.15, -0.1) is 0 Å². The van der Waals surface area contributed by atoms with E-state index < -0.39 is 12.0 Å². The summed E-state index contributed by atoms with van der Waals surface area (Å²) in [5, 5.41) is 12.2. The Hall–Kier alpha value is -1.43. The highest BCUT2D eigenvalue weighted by molar-refractivity contribution is 5.75. The van der Waals surface area contributed by atoms with E-state index in [9.17, 15) is 9.90 Å². The normalized spacial score (nSPS) is 12.3. The minimum Gasteiger partial charge on any atom is -0.480 e. The van der Waals surface area contributed by atoms with Gasteiger partial charge in [0.15, 0.2) is 0 Å². The summed E-state index contributed by atoms with van der Waals surface area (Å²) in [7, 11) is 3.19. The maximum Gasteiger partial charge on any atom is 0.325 e. The van der Waals surface area contributed by atoms with E-state index in [1.807, 2.05) is 18.2 Å². The number of carboxylic acids is 1. The van der Waals surface area contributed by atoms with Crippen LogP contribution in [0.1, 0.15) is 17.2 Å². The molecule has 1 rings (SSSR count). The first-order valence-electron chi connectivity index (χ1n) is 5.72. The number of nitrogens with one attached hydrogen (secondary N) is 1. The average Bonchev–Trinajstić information content (AvgIpc) is 2.35. The van der Waals surface area contributed by atoms with Gasteiger partial charge < -0.3 is 14.6 Å². The molecule has 0 radical (unpaired) electrons. The van der Waals surface area contributed by atoms with Crippen molar-refractivity contribution in [2.24, 2.45) is 0 Å². The lowest BCUT2D eigenvalue weighted by atomic mass is 10.0. The lowest BCUT2D eigenvalue weighted by Gasteiger charge is -2.15. The number of benzene rings is 1. The van der Waals surface area contributed by atoms with Crippen LogP contribution in [0.5, 0.6) is 0 Å². The molecule has 5 heteroatoms. The van der Waals surface area contributed by atoms with Crippen LogP contribution in [0, 0.1) is 0 Å². The molecule has 0 spiro atoms. The quantitative estimate of drug-likeness (QED) is 0.681. The molecule has 0 fully saturated rings. The zero-order valence-electron chi connectivity index (χ0n) is 10.7. The Morgan fingerprint density at radius 2 is 2.17 bits per heavy atom. The number of rotatable bonds is 8. The lowest BCUT2D eigenvalue weighted by molar-refractivity contribution is -0.139. The molecule has 100 valence electrons. The molecule has 1 atom stereocenters. The van der Waals surface area contributed by atoms with Crippen LogP contribution in [0.2, 0.25) is 0 Å². The largest absolute Gasteiger partial charge is 0.480 e. The first-order chi connectivity index (χ1) is 8.69. The Kier molecular flexibility index (Phi) is 6.35. The Morgan fingerprint density at radius 1 is 1.39 bits per heavy atom. The molecule has 0 heterocycles. The van der Waals surface area contributed by atoms with Gasteiger partial charge in [0, 0.05) is 20.8 Å². The molecule has 0 aliphatic carbocycles. The fourth-order valence-corrected chi connectivity index (χ4v) is 1.68. The van der Waals surface area contributed by atoms with Crippen molar-refractivity contribution < 1.29 is 19.4 Å². The summed E-state index contributed by atoms with van der Waals surface area (Å²) < 4.78 is 9.93. The van der Waals surface area contributed by atoms with Crippen molar-refractivity contribution in [3.05, 3.63) is 35.4 Å². The van der Waals surface area contributed by atoms with Crippen molar-refractivity contribution in [1.82, 2.24) is 5.32 Å². The summed E-state index contributed by atoms with van der Waals surface area (Å²) >= 11 is 0. The molecule has 0 aromatic heterocycles. The number of aliphatic carboxylic acids is 1. The summed E-state index contributed by atoms with van der Waals surface area (Å²) in [6.45, 7) is 1.43. The van der Waals surface area contributed by atoms with Gasteiger partial charge in [-0.1, -0.05) is 24.3 Å². The Labute approximate surface area is 107 Å². The molecule has 1 aromatic carbocycles. The van der Waals surface area contributed by atoms with Crippen molar-refractivity contribution in [3.63, 3.8) is 0 Å². The van der Waals surface area contributed by atoms with Gasteiger partial charge in [0.2, 0.25) is 0 Å². The maximum absolute atomic E-state index is 11.2. The van der Waals surface area contributed by atoms with Gasteiger partial charge in [-0.05, 0) is 11.1 Å². The van der Waals surface area contributed by atoms with Crippen molar-refractivity contribution >= 4 is 5.97 Å². The second-order valence-electron chi connectivity index (χ2n) is 3.90. The van der Waals surface area contributed by atoms with Crippen molar-refractivity contribution in [3.8, 4) is 0 Å². The number of carboxylic acid groups (broad SMARTS) is 1. The third kappa shape index (κ3) is 4.44. The predicted molar refractivity (Wildman–Crippen MR) is 67.4 cm³/mol. The van der Waals surface area contributed by atoms with Crippen LogP contribution in [-0.4, -0.2) is 38.4 Å². The smallest absolute Gasteiger partial charge is 0.325 e. The van der Waals surface area contributed by atoms with E-state index in [0.717, 1.165) is 5.56 Å². The second-order valence-corrected chi connectivity index (χ2v) is 3.90. The summed E-state index contributed by atoms with van der Waals surface area (Å²) in [4.78, 5) is 11.2. The topological polar surface area (TPSA) is 67.8 Å². The van der Waals surface area contributed by atoms with Crippen LogP contribution in [0.25, 0.3) is 0 Å². The van der Waals surface area contributed by atoms with Crippen molar-refractivity contribution in [1.29, 1.82) is 0 Å². The van der Waals surface area contributed by atoms with Gasteiger partial charge in [0.1, 0.15) is 6.04 Å². The monoisotopic (exact) mass is 253 g/mol. The predicted octanol–water partition coefficient (Wildman–Crippen LogP) is 1.19. The van der Waals surface area contributed by atoms with E-state index in [-0.39, 0.29) is 0 Å². The molecule has 0 bridgehead atoms. The van der Waals surface area contributed by atoms with E-state index in [0.29, 0.717) is 25.3 Å². The minimum absolute atomic E-state index is 0.470. The summed E-state index contributed by atoms with van der Waals surface area (Å²) in [5.41, 5.74) is 1.67. The molecule has 0 aliphatic rings. The minimum atomic E-state index is -0.902. The van der Waals surface area contributed by atoms with Gasteiger partial charge in [-0.25, -0.2) is 0 Å². The van der Waals surface area contributed by atoms with Crippen LogP contribution in [0.4, 0.5) is 0 Å². The Bertz CT molecular complexity index is 381. The molecule has 2 N–H and O–H groups in total. The van der Waals surface area contributed by atoms with Gasteiger partial charge in [-0.3, -0.25) is 10.1 Å². The zero-order chi connectivity index (χ0) is 13.4. The van der Waals surface area contributed by atoms with Crippen molar-refractivity contribution in [2.45, 2.75) is 12.6 Å². The molecule has 0 saturated carbocycles. The molecule has 0 amide bonds. The number of ether oxygens (including phenoxy) is 2. The van der Waals surface area contributed by atoms with E-state index >= 15 is 0 Å². The molecule has 1 unspecified atom stereocenters. The number of carbonyl (C=O) groups is 1. The van der Waals surface area contributed by atoms with Gasteiger partial charge in [0.05, 0.1) is 13.2 Å². The van der Waals surface area contributed by atoms with Crippen LogP contribution < -0.4 is 5.32 Å². The SMILES string of the molecule is COCCNC(C(=O)O)c1cccc(COC)c1. The third-order valence-electron chi connectivity index (χ3n) is 2.50. The number of methoxy groups -OCH3 is 2. The standard InChI is InChI=1S/C13H19NO4/c1-17-7-6-14-12(13(15)16)11-5-3-4-10(8-11)9-18-2/h3-5,8,12,14H,6-7,9H2,1-2H3,(H,15,16). The average molecular weight is 253 g/mol. The van der Waals surface area contributed by atoms with Crippen LogP contribution in [0.3, 0.4) is 0 Å². The molecule has 0 aliphatic heterocycles. The first-order valence-corrected chi connectivity index (χ1v) is 5.72.